The standard InChI is InChI=1S/C48H37NO2S/c1-47(2)36-15-6-5-13-34(36)35-28-27-32(29-39(35)47)49(40-18-12-17-38-46(40)52-44-22-10-7-16-37(44)48(38,3)4)31-25-23-30(24-26-31)33-14-11-21-43-45(33)51-42-20-9-8-19-41(42)50-43/h5-29H,1-4H3. The Kier molecular flexibility index (Phi) is 6.81. The van der Waals surface area contributed by atoms with Crippen LogP contribution in [0, 0.1) is 0 Å². The first kappa shape index (κ1) is 31.1. The fraction of sp³-hybridized carbons (Fsp3) is 0.125. The summed E-state index contributed by atoms with van der Waals surface area (Å²) in [5.41, 5.74) is 13.3. The Morgan fingerprint density at radius 2 is 1.06 bits per heavy atom. The Morgan fingerprint density at radius 3 is 1.88 bits per heavy atom. The van der Waals surface area contributed by atoms with E-state index in [0.29, 0.717) is 0 Å². The molecule has 0 radical (unpaired) electrons. The van der Waals surface area contributed by atoms with E-state index < -0.39 is 0 Å². The minimum absolute atomic E-state index is 0.115. The highest BCUT2D eigenvalue weighted by Gasteiger charge is 2.38. The van der Waals surface area contributed by atoms with E-state index in [9.17, 15) is 0 Å². The highest BCUT2D eigenvalue weighted by Crippen LogP contribution is 2.56. The fourth-order valence-electron chi connectivity index (χ4n) is 8.45. The third-order valence-electron chi connectivity index (χ3n) is 11.2. The van der Waals surface area contributed by atoms with Gasteiger partial charge in [-0.15, -0.1) is 0 Å². The van der Waals surface area contributed by atoms with E-state index in [1.165, 1.54) is 48.9 Å². The van der Waals surface area contributed by atoms with Gasteiger partial charge in [-0.2, -0.15) is 0 Å². The molecule has 0 N–H and O–H groups in total. The number of fused-ring (bicyclic) bond motifs is 7. The number of hydrogen-bond acceptors (Lipinski definition) is 4. The highest BCUT2D eigenvalue weighted by atomic mass is 32.2. The number of benzene rings is 7. The second-order valence-corrected chi connectivity index (χ2v) is 16.0. The second kappa shape index (κ2) is 11.4. The van der Waals surface area contributed by atoms with Gasteiger partial charge in [0, 0.05) is 37.6 Å². The Morgan fingerprint density at radius 1 is 0.462 bits per heavy atom. The third-order valence-corrected chi connectivity index (χ3v) is 12.4. The van der Waals surface area contributed by atoms with Crippen LogP contribution in [0.15, 0.2) is 161 Å². The molecule has 4 heteroatoms. The quantitative estimate of drug-likeness (QED) is 0.183. The Hall–Kier alpha value is -5.71. The van der Waals surface area contributed by atoms with Gasteiger partial charge in [0.25, 0.3) is 0 Å². The van der Waals surface area contributed by atoms with Gasteiger partial charge in [0.05, 0.1) is 5.69 Å². The molecule has 0 unspecified atom stereocenters. The molecule has 0 spiro atoms. The molecule has 0 aromatic heterocycles. The predicted octanol–water partition coefficient (Wildman–Crippen LogP) is 13.8. The summed E-state index contributed by atoms with van der Waals surface area (Å²) in [4.78, 5) is 5.06. The van der Waals surface area contributed by atoms with Crippen LogP contribution in [0.5, 0.6) is 23.0 Å². The first-order valence-corrected chi connectivity index (χ1v) is 18.7. The van der Waals surface area contributed by atoms with Crippen molar-refractivity contribution in [2.45, 2.75) is 48.3 Å². The molecule has 0 saturated heterocycles. The molecule has 0 amide bonds. The molecule has 0 saturated carbocycles. The fourth-order valence-corrected chi connectivity index (χ4v) is 9.95. The van der Waals surface area contributed by atoms with Crippen molar-refractivity contribution in [2.75, 3.05) is 4.90 Å². The largest absolute Gasteiger partial charge is 0.449 e. The zero-order valence-electron chi connectivity index (χ0n) is 29.6. The average Bonchev–Trinajstić information content (AvgIpc) is 3.40. The Labute approximate surface area is 309 Å². The third kappa shape index (κ3) is 4.60. The normalized spacial score (nSPS) is 15.1. The zero-order valence-corrected chi connectivity index (χ0v) is 30.4. The van der Waals surface area contributed by atoms with Crippen LogP contribution in [0.1, 0.15) is 49.9 Å². The molecular weight excluding hydrogens is 655 g/mol. The number of hydrogen-bond donors (Lipinski definition) is 0. The van der Waals surface area contributed by atoms with Crippen LogP contribution in [0.2, 0.25) is 0 Å². The van der Waals surface area contributed by atoms with Gasteiger partial charge in [0.15, 0.2) is 23.0 Å². The molecule has 2 aliphatic heterocycles. The highest BCUT2D eigenvalue weighted by molar-refractivity contribution is 7.99. The van der Waals surface area contributed by atoms with E-state index in [-0.39, 0.29) is 10.8 Å². The first-order valence-electron chi connectivity index (χ1n) is 17.9. The van der Waals surface area contributed by atoms with E-state index in [2.05, 4.69) is 148 Å². The summed E-state index contributed by atoms with van der Waals surface area (Å²) in [5.74, 6) is 2.91. The summed E-state index contributed by atoms with van der Waals surface area (Å²) in [7, 11) is 0. The smallest absolute Gasteiger partial charge is 0.177 e. The van der Waals surface area contributed by atoms with Crippen LogP contribution < -0.4 is 14.4 Å². The van der Waals surface area contributed by atoms with Gasteiger partial charge in [0.1, 0.15) is 0 Å². The molecule has 0 fully saturated rings. The summed E-state index contributed by atoms with van der Waals surface area (Å²) in [5, 5.41) is 0. The lowest BCUT2D eigenvalue weighted by atomic mass is 9.77. The molecule has 252 valence electrons. The van der Waals surface area contributed by atoms with Crippen molar-refractivity contribution < 1.29 is 9.47 Å². The SMILES string of the molecule is CC1(C)c2ccccc2-c2ccc(N(c3ccc(-c4cccc5c4Oc4ccccc4O5)cc3)c3cccc4c3Sc3ccccc3C4(C)C)cc21. The molecular formula is C48H37NO2S. The molecule has 52 heavy (non-hydrogen) atoms. The molecule has 0 atom stereocenters. The lowest BCUT2D eigenvalue weighted by Gasteiger charge is -2.38. The van der Waals surface area contributed by atoms with Crippen molar-refractivity contribution >= 4 is 28.8 Å². The average molecular weight is 692 g/mol. The number of anilines is 3. The summed E-state index contributed by atoms with van der Waals surface area (Å²) >= 11 is 1.88. The van der Waals surface area contributed by atoms with Gasteiger partial charge in [-0.25, -0.2) is 0 Å². The summed E-state index contributed by atoms with van der Waals surface area (Å²) in [6.45, 7) is 9.41. The van der Waals surface area contributed by atoms with Crippen molar-refractivity contribution in [2.24, 2.45) is 0 Å². The Bertz CT molecular complexity index is 2570. The van der Waals surface area contributed by atoms with Crippen LogP contribution in [-0.2, 0) is 10.8 Å². The van der Waals surface area contributed by atoms with Gasteiger partial charge >= 0.3 is 0 Å². The van der Waals surface area contributed by atoms with Gasteiger partial charge < -0.3 is 14.4 Å². The molecule has 3 aliphatic rings. The number of rotatable bonds is 4. The summed E-state index contributed by atoms with van der Waals surface area (Å²) in [6.07, 6.45) is 0. The van der Waals surface area contributed by atoms with E-state index >= 15 is 0 Å². The van der Waals surface area contributed by atoms with Crippen LogP contribution in [0.25, 0.3) is 22.3 Å². The van der Waals surface area contributed by atoms with Crippen molar-refractivity contribution in [3.63, 3.8) is 0 Å². The maximum atomic E-state index is 6.44. The molecule has 3 nitrogen and oxygen atoms in total. The summed E-state index contributed by atoms with van der Waals surface area (Å²) in [6, 6.07) is 54.4. The van der Waals surface area contributed by atoms with E-state index in [0.717, 1.165) is 45.5 Å². The van der Waals surface area contributed by atoms with Crippen molar-refractivity contribution in [3.8, 4) is 45.3 Å². The lowest BCUT2D eigenvalue weighted by molar-refractivity contribution is 0.361. The van der Waals surface area contributed by atoms with Crippen molar-refractivity contribution in [3.05, 3.63) is 174 Å². The van der Waals surface area contributed by atoms with Gasteiger partial charge in [-0.3, -0.25) is 0 Å². The van der Waals surface area contributed by atoms with Crippen molar-refractivity contribution in [1.82, 2.24) is 0 Å². The number of ether oxygens (including phenoxy) is 2. The summed E-state index contributed by atoms with van der Waals surface area (Å²) < 4.78 is 12.7. The maximum Gasteiger partial charge on any atom is 0.177 e. The minimum Gasteiger partial charge on any atom is -0.449 e. The minimum atomic E-state index is -0.141. The molecule has 1 aliphatic carbocycles. The molecule has 0 bridgehead atoms. The van der Waals surface area contributed by atoms with E-state index in [4.69, 9.17) is 9.47 Å². The topological polar surface area (TPSA) is 21.7 Å². The van der Waals surface area contributed by atoms with Crippen LogP contribution in [0.3, 0.4) is 0 Å². The van der Waals surface area contributed by atoms with Crippen molar-refractivity contribution in [1.29, 1.82) is 0 Å². The molecule has 2 heterocycles. The van der Waals surface area contributed by atoms with Crippen LogP contribution in [-0.4, -0.2) is 0 Å². The molecule has 10 rings (SSSR count). The zero-order chi connectivity index (χ0) is 35.2. The Balaban J connectivity index is 1.13. The molecule has 7 aromatic carbocycles. The first-order chi connectivity index (χ1) is 25.3. The van der Waals surface area contributed by atoms with E-state index in [1.54, 1.807) is 0 Å². The van der Waals surface area contributed by atoms with Gasteiger partial charge in [-0.05, 0) is 93.5 Å². The lowest BCUT2D eigenvalue weighted by Crippen LogP contribution is -2.25. The van der Waals surface area contributed by atoms with E-state index in [1.807, 2.05) is 48.2 Å². The monoisotopic (exact) mass is 691 g/mol. The van der Waals surface area contributed by atoms with Gasteiger partial charge in [0.2, 0.25) is 0 Å². The molecule has 7 aromatic rings. The second-order valence-electron chi connectivity index (χ2n) is 14.9. The van der Waals surface area contributed by atoms with Gasteiger partial charge in [-0.1, -0.05) is 137 Å². The predicted molar refractivity (Wildman–Crippen MR) is 213 cm³/mol. The van der Waals surface area contributed by atoms with Crippen LogP contribution in [0.4, 0.5) is 17.1 Å². The maximum absolute atomic E-state index is 6.44. The van der Waals surface area contributed by atoms with Crippen LogP contribution >= 0.6 is 11.8 Å². The number of para-hydroxylation sites is 3. The number of nitrogens with zero attached hydrogens (tertiary/aromatic N) is 1.